The van der Waals surface area contributed by atoms with Crippen molar-refractivity contribution in [3.05, 3.63) is 59.7 Å². The number of carbonyl (C=O) groups excluding carboxylic acids is 1. The lowest BCUT2D eigenvalue weighted by molar-refractivity contribution is -0.745. The summed E-state index contributed by atoms with van der Waals surface area (Å²) in [6, 6.07) is 9.70. The van der Waals surface area contributed by atoms with Crippen LogP contribution in [0.1, 0.15) is 31.2 Å². The molecule has 2 heterocycles. The fourth-order valence-electron chi connectivity index (χ4n) is 4.03. The number of hydrogen-bond donors (Lipinski definition) is 2. The van der Waals surface area contributed by atoms with Crippen molar-refractivity contribution in [3.8, 4) is 0 Å². The summed E-state index contributed by atoms with van der Waals surface area (Å²) in [4.78, 5) is 21.0. The number of amides is 1. The van der Waals surface area contributed by atoms with Crippen LogP contribution in [0.5, 0.6) is 0 Å². The van der Waals surface area contributed by atoms with Crippen LogP contribution in [-0.2, 0) is 11.3 Å². The van der Waals surface area contributed by atoms with Crippen molar-refractivity contribution in [3.63, 3.8) is 0 Å². The number of amidine groups is 1. The molecule has 7 nitrogen and oxygen atoms in total. The lowest BCUT2D eigenvalue weighted by Gasteiger charge is -2.29. The van der Waals surface area contributed by atoms with Gasteiger partial charge in [0, 0.05) is 12.5 Å². The van der Waals surface area contributed by atoms with Crippen LogP contribution in [0, 0.1) is 11.8 Å². The molecule has 1 fully saturated rings. The number of alkyl carbamates (subject to hydrolysis) is 1. The van der Waals surface area contributed by atoms with Gasteiger partial charge in [-0.25, -0.2) is 4.79 Å². The number of halogens is 1. The van der Waals surface area contributed by atoms with Crippen LogP contribution in [0.4, 0.5) is 4.79 Å². The molecule has 1 aromatic rings. The fourth-order valence-corrected chi connectivity index (χ4v) is 4.71. The Morgan fingerprint density at radius 2 is 2.00 bits per heavy atom. The number of nitrogens with zero attached hydrogens (tertiary/aromatic N) is 3. The van der Waals surface area contributed by atoms with Gasteiger partial charge in [0.2, 0.25) is 5.70 Å². The molecule has 4 rings (SSSR count). The molecule has 1 amide bonds. The molecule has 0 radical (unpaired) electrons. The maximum Gasteiger partial charge on any atom is 0.407 e. The summed E-state index contributed by atoms with van der Waals surface area (Å²) in [5, 5.41) is 2.91. The highest BCUT2D eigenvalue weighted by Crippen LogP contribution is 2.40. The molecular formula is C21H25IN5O2+. The van der Waals surface area contributed by atoms with E-state index in [4.69, 9.17) is 15.6 Å². The fraction of sp³-hybridized carbons (Fsp3) is 0.381. The van der Waals surface area contributed by atoms with Crippen LogP contribution in [-0.4, -0.2) is 27.3 Å². The van der Waals surface area contributed by atoms with E-state index >= 15 is 0 Å². The summed E-state index contributed by atoms with van der Waals surface area (Å²) in [7, 11) is 0. The molecule has 8 heteroatoms. The van der Waals surface area contributed by atoms with Crippen molar-refractivity contribution in [2.24, 2.45) is 27.7 Å². The van der Waals surface area contributed by atoms with Crippen molar-refractivity contribution in [2.45, 2.75) is 32.3 Å². The number of hydrogen-bond acceptors (Lipinski definition) is 5. The van der Waals surface area contributed by atoms with Gasteiger partial charge < -0.3 is 10.1 Å². The molecule has 152 valence electrons. The van der Waals surface area contributed by atoms with E-state index in [1.165, 1.54) is 0 Å². The topological polar surface area (TPSA) is 89.1 Å². The molecule has 0 aromatic heterocycles. The molecule has 1 unspecified atom stereocenters. The van der Waals surface area contributed by atoms with E-state index < -0.39 is 0 Å². The zero-order valence-electron chi connectivity index (χ0n) is 16.1. The first-order valence-electron chi connectivity index (χ1n) is 9.88. The lowest BCUT2D eigenvalue weighted by atomic mass is 9.80. The molecule has 1 aromatic carbocycles. The average molecular weight is 506 g/mol. The van der Waals surface area contributed by atoms with Crippen LogP contribution in [0.2, 0.25) is 0 Å². The number of nitrogens with two attached hydrogens (primary N) is 1. The predicted octanol–water partition coefficient (Wildman–Crippen LogP) is 3.98. The van der Waals surface area contributed by atoms with Crippen LogP contribution in [0.25, 0.3) is 0 Å². The predicted molar refractivity (Wildman–Crippen MR) is 121 cm³/mol. The van der Waals surface area contributed by atoms with Gasteiger partial charge in [0.1, 0.15) is 18.5 Å². The Kier molecular flexibility index (Phi) is 6.12. The number of ether oxygens (including phenoxy) is 1. The number of carbonyl (C=O) groups is 1. The third-order valence-corrected chi connectivity index (χ3v) is 6.78. The van der Waals surface area contributed by atoms with E-state index in [1.807, 2.05) is 42.7 Å². The summed E-state index contributed by atoms with van der Waals surface area (Å²) in [6.07, 6.45) is 9.23. The maximum absolute atomic E-state index is 12.0. The van der Waals surface area contributed by atoms with Gasteiger partial charge in [-0.05, 0) is 37.2 Å². The van der Waals surface area contributed by atoms with Crippen LogP contribution >= 0.6 is 22.6 Å². The molecule has 3 N–H and O–H groups in total. The van der Waals surface area contributed by atoms with Crippen LogP contribution in [0.3, 0.4) is 0 Å². The normalized spacial score (nSPS) is 28.1. The second-order valence-corrected chi connectivity index (χ2v) is 8.63. The molecule has 1 aliphatic carbocycles. The van der Waals surface area contributed by atoms with Crippen molar-refractivity contribution in [1.29, 1.82) is 0 Å². The smallest absolute Gasteiger partial charge is 0.407 e. The third kappa shape index (κ3) is 4.44. The highest BCUT2D eigenvalue weighted by atomic mass is 127. The van der Waals surface area contributed by atoms with E-state index in [1.54, 1.807) is 6.20 Å². The molecule has 0 bridgehead atoms. The number of benzene rings is 1. The van der Waals surface area contributed by atoms with Crippen molar-refractivity contribution < 1.29 is 14.1 Å². The first kappa shape index (κ1) is 20.2. The van der Waals surface area contributed by atoms with E-state index in [0.29, 0.717) is 25.0 Å². The average Bonchev–Trinajstić information content (AvgIpc) is 3.03. The monoisotopic (exact) mass is 506 g/mol. The zero-order valence-corrected chi connectivity index (χ0v) is 18.3. The van der Waals surface area contributed by atoms with Gasteiger partial charge in [0.15, 0.2) is 0 Å². The Bertz CT molecular complexity index is 888. The Morgan fingerprint density at radius 1 is 1.24 bits per heavy atom. The summed E-state index contributed by atoms with van der Waals surface area (Å²) >= 11 is 2.21. The molecule has 29 heavy (non-hydrogen) atoms. The standard InChI is InChI=1S/C21H24IN5O2/c22-20-26-19(18-13-24-10-11-27(18,20)23)17-8-6-15(7-9-17)12-25-21(28)29-14-16-4-2-1-3-5-16/h1-5,10-11,13,15,17H,6-9,12,14,23H2/p+1. The number of allylic oxidation sites excluding steroid dienone is 2. The van der Waals surface area contributed by atoms with E-state index in [-0.39, 0.29) is 10.7 Å². The van der Waals surface area contributed by atoms with Gasteiger partial charge in [-0.3, -0.25) is 4.99 Å². The number of aliphatic imine (C=N–C) groups is 2. The van der Waals surface area contributed by atoms with Gasteiger partial charge in [-0.15, -0.1) is 4.59 Å². The van der Waals surface area contributed by atoms with Crippen LogP contribution in [0.15, 0.2) is 64.1 Å². The van der Waals surface area contributed by atoms with Crippen molar-refractivity contribution >= 4 is 38.7 Å². The lowest BCUT2D eigenvalue weighted by Crippen LogP contribution is -2.50. The molecule has 1 atom stereocenters. The molecule has 3 aliphatic rings. The van der Waals surface area contributed by atoms with Gasteiger partial charge in [0.25, 0.3) is 3.84 Å². The molecule has 1 saturated carbocycles. The highest BCUT2D eigenvalue weighted by molar-refractivity contribution is 14.1. The number of rotatable bonds is 5. The molecule has 0 spiro atoms. The number of fused-ring (bicyclic) bond motifs is 1. The number of quaternary nitrogens is 1. The molecule has 2 aliphatic heterocycles. The summed E-state index contributed by atoms with van der Waals surface area (Å²) in [5.74, 6) is 7.33. The Balaban J connectivity index is 1.25. The summed E-state index contributed by atoms with van der Waals surface area (Å²) in [5.41, 5.74) is 3.03. The SMILES string of the molecule is N[N+]12C=CN=CC1=C(C1CCC(CNC(=O)OCc3ccccc3)CC1)N=C2I. The number of nitrogens with one attached hydrogen (secondary N) is 1. The minimum absolute atomic E-state index is 0.133. The first-order valence-corrected chi connectivity index (χ1v) is 11.0. The van der Waals surface area contributed by atoms with Gasteiger partial charge in [-0.2, -0.15) is 10.8 Å². The Morgan fingerprint density at radius 3 is 2.76 bits per heavy atom. The summed E-state index contributed by atoms with van der Waals surface area (Å²) in [6.45, 7) is 0.941. The van der Waals surface area contributed by atoms with E-state index in [2.05, 4.69) is 32.9 Å². The third-order valence-electron chi connectivity index (χ3n) is 5.75. The van der Waals surface area contributed by atoms with Gasteiger partial charge >= 0.3 is 6.09 Å². The van der Waals surface area contributed by atoms with Crippen molar-refractivity contribution in [1.82, 2.24) is 5.32 Å². The first-order chi connectivity index (χ1) is 14.1. The minimum Gasteiger partial charge on any atom is -0.445 e. The van der Waals surface area contributed by atoms with Gasteiger partial charge in [0.05, 0.1) is 35.0 Å². The molecular weight excluding hydrogens is 481 g/mol. The zero-order chi connectivity index (χ0) is 20.3. The quantitative estimate of drug-likeness (QED) is 0.274. The van der Waals surface area contributed by atoms with Crippen LogP contribution < -0.4 is 11.2 Å². The summed E-state index contributed by atoms with van der Waals surface area (Å²) < 4.78 is 6.27. The maximum atomic E-state index is 12.0. The Hall–Kier alpha value is -2.04. The second-order valence-electron chi connectivity index (χ2n) is 7.67. The minimum atomic E-state index is -0.355. The Labute approximate surface area is 184 Å². The van der Waals surface area contributed by atoms with Gasteiger partial charge in [-0.1, -0.05) is 30.3 Å². The van der Waals surface area contributed by atoms with E-state index in [0.717, 1.165) is 46.5 Å². The highest BCUT2D eigenvalue weighted by Gasteiger charge is 2.44. The largest absolute Gasteiger partial charge is 0.445 e. The molecule has 0 saturated heterocycles. The second kappa shape index (κ2) is 8.76. The van der Waals surface area contributed by atoms with Crippen molar-refractivity contribution in [2.75, 3.05) is 6.54 Å². The van der Waals surface area contributed by atoms with E-state index in [9.17, 15) is 4.79 Å².